The molecule has 22 heavy (non-hydrogen) atoms. The predicted octanol–water partition coefficient (Wildman–Crippen LogP) is 1.87. The molecule has 5 nitrogen and oxygen atoms in total. The Labute approximate surface area is 131 Å². The zero-order valence-corrected chi connectivity index (χ0v) is 13.4. The lowest BCUT2D eigenvalue weighted by atomic mass is 9.98. The highest BCUT2D eigenvalue weighted by Crippen LogP contribution is 2.25. The number of piperidine rings is 1. The molecule has 2 saturated heterocycles. The molecule has 2 fully saturated rings. The zero-order valence-electron chi connectivity index (χ0n) is 13.4. The van der Waals surface area contributed by atoms with Crippen LogP contribution < -0.4 is 9.47 Å². The van der Waals surface area contributed by atoms with Gasteiger partial charge in [0.15, 0.2) is 0 Å². The van der Waals surface area contributed by atoms with Crippen molar-refractivity contribution in [2.75, 3.05) is 46.9 Å². The topological polar surface area (TPSA) is 42.0 Å². The second-order valence-corrected chi connectivity index (χ2v) is 6.16. The van der Waals surface area contributed by atoms with Crippen LogP contribution in [-0.4, -0.2) is 62.7 Å². The van der Waals surface area contributed by atoms with Crippen molar-refractivity contribution in [2.45, 2.75) is 12.8 Å². The number of fused-ring (bicyclic) bond motifs is 2. The molecular formula is C17H24N2O3. The van der Waals surface area contributed by atoms with Crippen LogP contribution in [0.4, 0.5) is 0 Å². The Kier molecular flexibility index (Phi) is 4.52. The third kappa shape index (κ3) is 3.19. The second-order valence-electron chi connectivity index (χ2n) is 6.16. The SMILES string of the molecule is COc1cc(OC)cc(C(=O)N2CCN3CCCC(C3)C2)c1. The van der Waals surface area contributed by atoms with Crippen LogP contribution in [-0.2, 0) is 0 Å². The van der Waals surface area contributed by atoms with E-state index in [0.717, 1.165) is 26.2 Å². The molecule has 0 saturated carbocycles. The Bertz CT molecular complexity index is 524. The van der Waals surface area contributed by atoms with Crippen LogP contribution in [0.2, 0.25) is 0 Å². The summed E-state index contributed by atoms with van der Waals surface area (Å²) in [5.74, 6) is 1.98. The molecule has 0 radical (unpaired) electrons. The Morgan fingerprint density at radius 2 is 1.77 bits per heavy atom. The Morgan fingerprint density at radius 3 is 2.45 bits per heavy atom. The lowest BCUT2D eigenvalue weighted by molar-refractivity contribution is 0.0745. The first kappa shape index (κ1) is 15.2. The molecule has 2 unspecified atom stereocenters. The summed E-state index contributed by atoms with van der Waals surface area (Å²) in [5.41, 5.74) is 0.641. The van der Waals surface area contributed by atoms with E-state index < -0.39 is 0 Å². The molecule has 0 spiro atoms. The summed E-state index contributed by atoms with van der Waals surface area (Å²) in [6.07, 6.45) is 2.47. The van der Waals surface area contributed by atoms with Crippen molar-refractivity contribution in [3.63, 3.8) is 0 Å². The first-order chi connectivity index (χ1) is 10.7. The maximum atomic E-state index is 12.9. The van der Waals surface area contributed by atoms with E-state index in [0.29, 0.717) is 23.0 Å². The third-order valence-electron chi connectivity index (χ3n) is 4.65. The van der Waals surface area contributed by atoms with E-state index >= 15 is 0 Å². The van der Waals surface area contributed by atoms with E-state index in [4.69, 9.17) is 9.47 Å². The van der Waals surface area contributed by atoms with E-state index in [1.54, 1.807) is 32.4 Å². The Hall–Kier alpha value is -1.75. The first-order valence-corrected chi connectivity index (χ1v) is 7.94. The van der Waals surface area contributed by atoms with E-state index in [2.05, 4.69) is 4.90 Å². The highest BCUT2D eigenvalue weighted by Gasteiger charge is 2.29. The van der Waals surface area contributed by atoms with Crippen molar-refractivity contribution in [3.05, 3.63) is 23.8 Å². The molecular weight excluding hydrogens is 280 g/mol. The van der Waals surface area contributed by atoms with Gasteiger partial charge in [-0.3, -0.25) is 4.79 Å². The average Bonchev–Trinajstić information content (AvgIpc) is 2.71. The van der Waals surface area contributed by atoms with Crippen molar-refractivity contribution in [1.29, 1.82) is 0 Å². The highest BCUT2D eigenvalue weighted by molar-refractivity contribution is 5.95. The maximum Gasteiger partial charge on any atom is 0.254 e. The lowest BCUT2D eigenvalue weighted by Gasteiger charge is -2.29. The highest BCUT2D eigenvalue weighted by atomic mass is 16.5. The molecule has 1 aromatic carbocycles. The Balaban J connectivity index is 1.80. The van der Waals surface area contributed by atoms with Crippen molar-refractivity contribution in [1.82, 2.24) is 9.80 Å². The number of benzene rings is 1. The van der Waals surface area contributed by atoms with Crippen LogP contribution in [0.1, 0.15) is 23.2 Å². The number of ether oxygens (including phenoxy) is 2. The fourth-order valence-electron chi connectivity index (χ4n) is 3.47. The van der Waals surface area contributed by atoms with Crippen molar-refractivity contribution in [3.8, 4) is 11.5 Å². The van der Waals surface area contributed by atoms with Gasteiger partial charge in [-0.15, -0.1) is 0 Å². The largest absolute Gasteiger partial charge is 0.497 e. The number of nitrogens with zero attached hydrogens (tertiary/aromatic N) is 2. The van der Waals surface area contributed by atoms with Gasteiger partial charge in [-0.1, -0.05) is 0 Å². The molecule has 1 amide bonds. The van der Waals surface area contributed by atoms with Gasteiger partial charge in [-0.05, 0) is 37.4 Å². The van der Waals surface area contributed by atoms with Gasteiger partial charge in [-0.2, -0.15) is 0 Å². The standard InChI is InChI=1S/C17H24N2O3/c1-21-15-8-14(9-16(10-15)22-2)17(20)19-7-6-18-5-3-4-13(11-18)12-19/h8-10,13H,3-7,11-12H2,1-2H3. The summed E-state index contributed by atoms with van der Waals surface area (Å²) in [7, 11) is 3.21. The fourth-order valence-corrected chi connectivity index (χ4v) is 3.47. The summed E-state index contributed by atoms with van der Waals surface area (Å²) >= 11 is 0. The summed E-state index contributed by atoms with van der Waals surface area (Å²) < 4.78 is 10.5. The lowest BCUT2D eigenvalue weighted by Crippen LogP contribution is -2.36. The van der Waals surface area contributed by atoms with E-state index in [9.17, 15) is 4.79 Å². The minimum Gasteiger partial charge on any atom is -0.497 e. The van der Waals surface area contributed by atoms with Crippen LogP contribution >= 0.6 is 0 Å². The number of methoxy groups -OCH3 is 2. The quantitative estimate of drug-likeness (QED) is 0.855. The monoisotopic (exact) mass is 304 g/mol. The number of carbonyl (C=O) groups excluding carboxylic acids is 1. The smallest absolute Gasteiger partial charge is 0.254 e. The molecule has 2 bridgehead atoms. The van der Waals surface area contributed by atoms with Gasteiger partial charge in [0.05, 0.1) is 14.2 Å². The zero-order chi connectivity index (χ0) is 15.5. The van der Waals surface area contributed by atoms with Gasteiger partial charge in [0.2, 0.25) is 0 Å². The molecule has 0 aliphatic carbocycles. The second kappa shape index (κ2) is 6.57. The predicted molar refractivity (Wildman–Crippen MR) is 84.6 cm³/mol. The van der Waals surface area contributed by atoms with Gasteiger partial charge in [0.25, 0.3) is 5.91 Å². The summed E-state index contributed by atoms with van der Waals surface area (Å²) in [4.78, 5) is 17.3. The molecule has 2 aliphatic heterocycles. The average molecular weight is 304 g/mol. The third-order valence-corrected chi connectivity index (χ3v) is 4.65. The minimum absolute atomic E-state index is 0.0750. The maximum absolute atomic E-state index is 12.9. The molecule has 3 rings (SSSR count). The number of hydrogen-bond acceptors (Lipinski definition) is 4. The molecule has 0 N–H and O–H groups in total. The summed E-state index contributed by atoms with van der Waals surface area (Å²) in [6.45, 7) is 4.93. The molecule has 120 valence electrons. The fraction of sp³-hybridized carbons (Fsp3) is 0.588. The molecule has 2 atom stereocenters. The molecule has 1 aromatic rings. The Morgan fingerprint density at radius 1 is 1.05 bits per heavy atom. The molecule has 2 heterocycles. The van der Waals surface area contributed by atoms with Crippen LogP contribution in [0.15, 0.2) is 18.2 Å². The van der Waals surface area contributed by atoms with Crippen molar-refractivity contribution in [2.24, 2.45) is 5.92 Å². The van der Waals surface area contributed by atoms with E-state index in [-0.39, 0.29) is 5.91 Å². The summed E-state index contributed by atoms with van der Waals surface area (Å²) in [5, 5.41) is 0. The van der Waals surface area contributed by atoms with Crippen LogP contribution in [0.5, 0.6) is 11.5 Å². The first-order valence-electron chi connectivity index (χ1n) is 7.94. The number of rotatable bonds is 3. The number of amides is 1. The van der Waals surface area contributed by atoms with Gasteiger partial charge in [0.1, 0.15) is 11.5 Å². The van der Waals surface area contributed by atoms with Crippen LogP contribution in [0.3, 0.4) is 0 Å². The molecule has 2 aliphatic rings. The van der Waals surface area contributed by atoms with Gasteiger partial charge in [0, 0.05) is 37.8 Å². The van der Waals surface area contributed by atoms with Gasteiger partial charge < -0.3 is 19.3 Å². The van der Waals surface area contributed by atoms with E-state index in [1.807, 2.05) is 4.90 Å². The van der Waals surface area contributed by atoms with Crippen molar-refractivity contribution < 1.29 is 14.3 Å². The van der Waals surface area contributed by atoms with Gasteiger partial charge >= 0.3 is 0 Å². The number of hydrogen-bond donors (Lipinski definition) is 0. The van der Waals surface area contributed by atoms with Crippen LogP contribution in [0, 0.1) is 5.92 Å². The van der Waals surface area contributed by atoms with Crippen LogP contribution in [0.25, 0.3) is 0 Å². The summed E-state index contributed by atoms with van der Waals surface area (Å²) in [6, 6.07) is 5.38. The molecule has 5 heteroatoms. The minimum atomic E-state index is 0.0750. The van der Waals surface area contributed by atoms with Gasteiger partial charge in [-0.25, -0.2) is 0 Å². The van der Waals surface area contributed by atoms with Crippen molar-refractivity contribution >= 4 is 5.91 Å². The number of carbonyl (C=O) groups is 1. The normalized spacial score (nSPS) is 24.5. The van der Waals surface area contributed by atoms with E-state index in [1.165, 1.54) is 19.4 Å². The molecule has 0 aromatic heterocycles.